The minimum absolute atomic E-state index is 0.102. The van der Waals surface area contributed by atoms with Gasteiger partial charge in [0.25, 0.3) is 0 Å². The molecule has 4 heteroatoms. The van der Waals surface area contributed by atoms with Gasteiger partial charge in [0.2, 0.25) is 5.91 Å². The van der Waals surface area contributed by atoms with Crippen molar-refractivity contribution in [3.05, 3.63) is 59.8 Å². The molecule has 1 amide bonds. The van der Waals surface area contributed by atoms with Gasteiger partial charge in [0.1, 0.15) is 0 Å². The van der Waals surface area contributed by atoms with E-state index in [1.807, 2.05) is 6.20 Å². The molecule has 1 aliphatic heterocycles. The molecule has 0 radical (unpaired) electrons. The van der Waals surface area contributed by atoms with Crippen molar-refractivity contribution in [1.29, 1.82) is 0 Å². The summed E-state index contributed by atoms with van der Waals surface area (Å²) in [6.07, 6.45) is 6.07. The summed E-state index contributed by atoms with van der Waals surface area (Å²) < 4.78 is 0. The van der Waals surface area contributed by atoms with Gasteiger partial charge in [-0.05, 0) is 68.0 Å². The summed E-state index contributed by atoms with van der Waals surface area (Å²) in [5.74, 6) is 0.909. The molecule has 1 aliphatic rings. The number of fused-ring (bicyclic) bond motifs is 1. The average Bonchev–Trinajstić information content (AvgIpc) is 3.14. The molecule has 0 bridgehead atoms. The summed E-state index contributed by atoms with van der Waals surface area (Å²) in [7, 11) is 0. The second kappa shape index (κ2) is 9.48. The number of benzene rings is 2. The van der Waals surface area contributed by atoms with Crippen LogP contribution in [0.15, 0.2) is 48.7 Å². The Morgan fingerprint density at radius 3 is 2.77 bits per heavy atom. The van der Waals surface area contributed by atoms with E-state index in [9.17, 15) is 4.79 Å². The van der Waals surface area contributed by atoms with E-state index in [0.29, 0.717) is 6.42 Å². The Hall–Kier alpha value is -2.59. The summed E-state index contributed by atoms with van der Waals surface area (Å²) in [5.41, 5.74) is 5.79. The van der Waals surface area contributed by atoms with Gasteiger partial charge in [-0.2, -0.15) is 0 Å². The van der Waals surface area contributed by atoms with Gasteiger partial charge in [-0.15, -0.1) is 0 Å². The molecule has 1 unspecified atom stereocenters. The highest BCUT2D eigenvalue weighted by molar-refractivity contribution is 5.91. The fourth-order valence-corrected chi connectivity index (χ4v) is 4.51. The number of carbonyl (C=O) groups excluding carboxylic acids is 1. The van der Waals surface area contributed by atoms with Crippen molar-refractivity contribution in [2.45, 2.75) is 39.5 Å². The molecule has 3 aromatic rings. The molecule has 1 fully saturated rings. The highest BCUT2D eigenvalue weighted by Crippen LogP contribution is 2.26. The topological polar surface area (TPSA) is 48.1 Å². The predicted molar refractivity (Wildman–Crippen MR) is 125 cm³/mol. The van der Waals surface area contributed by atoms with Crippen LogP contribution in [0, 0.1) is 12.8 Å². The van der Waals surface area contributed by atoms with Crippen molar-refractivity contribution in [2.24, 2.45) is 5.92 Å². The zero-order chi connectivity index (χ0) is 20.9. The first-order valence-electron chi connectivity index (χ1n) is 11.2. The smallest absolute Gasteiger partial charge is 0.224 e. The largest absolute Gasteiger partial charge is 0.361 e. The van der Waals surface area contributed by atoms with Crippen LogP contribution in [0.2, 0.25) is 0 Å². The molecule has 4 rings (SSSR count). The summed E-state index contributed by atoms with van der Waals surface area (Å²) in [6, 6.07) is 15.0. The number of aryl methyl sites for hydroxylation is 1. The quantitative estimate of drug-likeness (QED) is 0.550. The first-order valence-corrected chi connectivity index (χ1v) is 11.2. The average molecular weight is 404 g/mol. The first kappa shape index (κ1) is 20.7. The molecule has 0 spiro atoms. The Kier molecular flexibility index (Phi) is 6.53. The van der Waals surface area contributed by atoms with Gasteiger partial charge >= 0.3 is 0 Å². The third-order valence-electron chi connectivity index (χ3n) is 6.22. The third kappa shape index (κ3) is 5.11. The molecule has 158 valence electrons. The van der Waals surface area contributed by atoms with Crippen molar-refractivity contribution in [1.82, 2.24) is 15.2 Å². The van der Waals surface area contributed by atoms with Gasteiger partial charge in [0, 0.05) is 30.2 Å². The van der Waals surface area contributed by atoms with Gasteiger partial charge in [0.15, 0.2) is 0 Å². The van der Waals surface area contributed by atoms with E-state index in [1.165, 1.54) is 42.6 Å². The minimum atomic E-state index is 0.102. The van der Waals surface area contributed by atoms with Crippen LogP contribution in [0.3, 0.4) is 0 Å². The number of aromatic nitrogens is 1. The molecule has 0 saturated carbocycles. The van der Waals surface area contributed by atoms with Crippen molar-refractivity contribution < 1.29 is 4.79 Å². The molecule has 30 heavy (non-hydrogen) atoms. The van der Waals surface area contributed by atoms with Crippen LogP contribution in [0.1, 0.15) is 37.3 Å². The lowest BCUT2D eigenvalue weighted by molar-refractivity contribution is -0.120. The maximum absolute atomic E-state index is 12.4. The van der Waals surface area contributed by atoms with Crippen LogP contribution in [0.4, 0.5) is 0 Å². The lowest BCUT2D eigenvalue weighted by Gasteiger charge is -2.30. The van der Waals surface area contributed by atoms with E-state index < -0.39 is 0 Å². The van der Waals surface area contributed by atoms with Crippen molar-refractivity contribution >= 4 is 16.8 Å². The van der Waals surface area contributed by atoms with Crippen molar-refractivity contribution in [3.63, 3.8) is 0 Å². The monoisotopic (exact) mass is 403 g/mol. The summed E-state index contributed by atoms with van der Waals surface area (Å²) in [4.78, 5) is 18.3. The molecule has 1 aromatic heterocycles. The second-order valence-corrected chi connectivity index (χ2v) is 8.87. The van der Waals surface area contributed by atoms with Gasteiger partial charge in [-0.3, -0.25) is 4.79 Å². The van der Waals surface area contributed by atoms with E-state index in [0.717, 1.165) is 41.9 Å². The normalized spacial score (nSPS) is 17.3. The number of hydrogen-bond acceptors (Lipinski definition) is 2. The van der Waals surface area contributed by atoms with Crippen LogP contribution in [0.25, 0.3) is 22.0 Å². The minimum Gasteiger partial charge on any atom is -0.361 e. The predicted octanol–water partition coefficient (Wildman–Crippen LogP) is 4.92. The van der Waals surface area contributed by atoms with Crippen LogP contribution in [-0.2, 0) is 11.2 Å². The van der Waals surface area contributed by atoms with Gasteiger partial charge < -0.3 is 15.2 Å². The molecule has 1 atom stereocenters. The molecular weight excluding hydrogens is 370 g/mol. The highest BCUT2D eigenvalue weighted by atomic mass is 16.1. The lowest BCUT2D eigenvalue weighted by atomic mass is 10.0. The lowest BCUT2D eigenvalue weighted by Crippen LogP contribution is -2.36. The van der Waals surface area contributed by atoms with E-state index in [-0.39, 0.29) is 5.91 Å². The Bertz CT molecular complexity index is 989. The zero-order valence-electron chi connectivity index (χ0n) is 18.2. The number of carbonyl (C=O) groups is 1. The Morgan fingerprint density at radius 1 is 1.17 bits per heavy atom. The summed E-state index contributed by atoms with van der Waals surface area (Å²) in [6.45, 7) is 8.68. The van der Waals surface area contributed by atoms with Crippen molar-refractivity contribution in [3.8, 4) is 11.1 Å². The molecular formula is C26H33N3O. The van der Waals surface area contributed by atoms with Crippen LogP contribution in [-0.4, -0.2) is 42.0 Å². The van der Waals surface area contributed by atoms with Gasteiger partial charge in [-0.25, -0.2) is 0 Å². The number of nitrogens with one attached hydrogen (secondary N) is 2. The molecule has 2 aromatic carbocycles. The fraction of sp³-hybridized carbons (Fsp3) is 0.423. The van der Waals surface area contributed by atoms with E-state index in [1.54, 1.807) is 0 Å². The maximum atomic E-state index is 12.4. The molecule has 2 N–H and O–H groups in total. The summed E-state index contributed by atoms with van der Waals surface area (Å²) >= 11 is 0. The molecule has 0 aliphatic carbocycles. The summed E-state index contributed by atoms with van der Waals surface area (Å²) in [5, 5.41) is 4.23. The standard InChI is InChI=1S/C26H33N3O/c1-19-6-8-21(9-7-19)22-10-11-24-23(17-28-25(24)15-22)16-26(30)27-12-4-14-29-13-3-5-20(2)18-29/h6-11,15,17,20,28H,3-5,12-14,16,18H2,1-2H3,(H,27,30). The number of aromatic amines is 1. The van der Waals surface area contributed by atoms with Crippen LogP contribution >= 0.6 is 0 Å². The fourth-order valence-electron chi connectivity index (χ4n) is 4.51. The van der Waals surface area contributed by atoms with Crippen molar-refractivity contribution in [2.75, 3.05) is 26.2 Å². The number of H-pyrrole nitrogens is 1. The van der Waals surface area contributed by atoms with Crippen LogP contribution in [0.5, 0.6) is 0 Å². The Labute approximate surface area is 179 Å². The molecule has 2 heterocycles. The number of likely N-dealkylation sites (tertiary alicyclic amines) is 1. The zero-order valence-corrected chi connectivity index (χ0v) is 18.2. The highest BCUT2D eigenvalue weighted by Gasteiger charge is 2.15. The first-order chi connectivity index (χ1) is 14.6. The number of hydrogen-bond donors (Lipinski definition) is 2. The SMILES string of the molecule is Cc1ccc(-c2ccc3c(CC(=O)NCCCN4CCCC(C)C4)c[nH]c3c2)cc1. The number of piperidine rings is 1. The molecule has 1 saturated heterocycles. The molecule has 4 nitrogen and oxygen atoms in total. The van der Waals surface area contributed by atoms with E-state index in [4.69, 9.17) is 0 Å². The van der Waals surface area contributed by atoms with Gasteiger partial charge in [0.05, 0.1) is 6.42 Å². The number of nitrogens with zero attached hydrogens (tertiary/aromatic N) is 1. The second-order valence-electron chi connectivity index (χ2n) is 8.87. The number of rotatable bonds is 7. The van der Waals surface area contributed by atoms with E-state index >= 15 is 0 Å². The number of amides is 1. The maximum Gasteiger partial charge on any atom is 0.224 e. The van der Waals surface area contributed by atoms with Crippen LogP contribution < -0.4 is 5.32 Å². The van der Waals surface area contributed by atoms with E-state index in [2.05, 4.69) is 71.5 Å². The Balaban J connectivity index is 1.30. The third-order valence-corrected chi connectivity index (χ3v) is 6.22. The van der Waals surface area contributed by atoms with Gasteiger partial charge in [-0.1, -0.05) is 48.9 Å². The Morgan fingerprint density at radius 2 is 1.97 bits per heavy atom.